The third kappa shape index (κ3) is 5.84. The Balaban J connectivity index is 2.84. The molecule has 0 aliphatic heterocycles. The summed E-state index contributed by atoms with van der Waals surface area (Å²) in [7, 11) is 0. The zero-order chi connectivity index (χ0) is 15.8. The van der Waals surface area contributed by atoms with Crippen molar-refractivity contribution in [2.45, 2.75) is 52.5 Å². The van der Waals surface area contributed by atoms with Crippen LogP contribution in [-0.2, 0) is 11.2 Å². The Hall–Kier alpha value is -1.42. The Labute approximate surface area is 126 Å². The van der Waals surface area contributed by atoms with Crippen LogP contribution in [0.15, 0.2) is 18.2 Å². The molecular formula is C17H26FNO2. The van der Waals surface area contributed by atoms with Crippen LogP contribution in [-0.4, -0.2) is 35.1 Å². The van der Waals surface area contributed by atoms with Crippen LogP contribution in [0.4, 0.5) is 4.39 Å². The molecule has 0 fully saturated rings. The van der Waals surface area contributed by atoms with Gasteiger partial charge in [0, 0.05) is 6.04 Å². The summed E-state index contributed by atoms with van der Waals surface area (Å²) in [6.45, 7) is 7.66. The van der Waals surface area contributed by atoms with E-state index in [0.29, 0.717) is 12.0 Å². The SMILES string of the molecule is CCCCN(CC)C(CC(=O)O)Cc1ccc(F)c(C)c1. The van der Waals surface area contributed by atoms with Crippen LogP contribution >= 0.6 is 0 Å². The molecule has 0 saturated carbocycles. The molecule has 1 N–H and O–H groups in total. The maximum Gasteiger partial charge on any atom is 0.304 e. The predicted octanol–water partition coefficient (Wildman–Crippen LogP) is 3.64. The van der Waals surface area contributed by atoms with E-state index in [9.17, 15) is 9.18 Å². The molecule has 3 nitrogen and oxygen atoms in total. The van der Waals surface area contributed by atoms with Gasteiger partial charge < -0.3 is 5.11 Å². The minimum absolute atomic E-state index is 0.0380. The van der Waals surface area contributed by atoms with Gasteiger partial charge in [-0.2, -0.15) is 0 Å². The quantitative estimate of drug-likeness (QED) is 0.756. The number of nitrogens with zero attached hydrogens (tertiary/aromatic N) is 1. The van der Waals surface area contributed by atoms with Gasteiger partial charge in [0.1, 0.15) is 5.82 Å². The molecule has 0 amide bonds. The zero-order valence-corrected chi connectivity index (χ0v) is 13.2. The van der Waals surface area contributed by atoms with Crippen LogP contribution in [0.5, 0.6) is 0 Å². The lowest BCUT2D eigenvalue weighted by atomic mass is 9.99. The predicted molar refractivity (Wildman–Crippen MR) is 83.0 cm³/mol. The third-order valence-corrected chi connectivity index (χ3v) is 3.83. The highest BCUT2D eigenvalue weighted by atomic mass is 19.1. The summed E-state index contributed by atoms with van der Waals surface area (Å²) >= 11 is 0. The second-order valence-electron chi connectivity index (χ2n) is 5.52. The molecule has 21 heavy (non-hydrogen) atoms. The van der Waals surface area contributed by atoms with Crippen LogP contribution in [0.1, 0.15) is 44.2 Å². The van der Waals surface area contributed by atoms with Gasteiger partial charge >= 0.3 is 5.97 Å². The van der Waals surface area contributed by atoms with E-state index in [1.807, 2.05) is 6.07 Å². The first-order valence-corrected chi connectivity index (χ1v) is 7.68. The van der Waals surface area contributed by atoms with Crippen molar-refractivity contribution in [1.82, 2.24) is 4.90 Å². The van der Waals surface area contributed by atoms with Crippen molar-refractivity contribution in [1.29, 1.82) is 0 Å². The molecule has 1 unspecified atom stereocenters. The number of carboxylic acid groups (broad SMARTS) is 1. The van der Waals surface area contributed by atoms with Gasteiger partial charge in [-0.1, -0.05) is 32.4 Å². The van der Waals surface area contributed by atoms with Crippen LogP contribution in [0.25, 0.3) is 0 Å². The van der Waals surface area contributed by atoms with Gasteiger partial charge in [0.25, 0.3) is 0 Å². The molecule has 1 aromatic rings. The molecule has 0 saturated heterocycles. The number of aryl methyl sites for hydroxylation is 1. The van der Waals surface area contributed by atoms with Crippen LogP contribution < -0.4 is 0 Å². The van der Waals surface area contributed by atoms with Gasteiger partial charge in [-0.25, -0.2) is 4.39 Å². The molecule has 0 aliphatic rings. The first-order valence-electron chi connectivity index (χ1n) is 7.68. The Bertz CT molecular complexity index is 462. The molecule has 0 aliphatic carbocycles. The normalized spacial score (nSPS) is 12.6. The van der Waals surface area contributed by atoms with E-state index in [-0.39, 0.29) is 18.3 Å². The Morgan fingerprint density at radius 2 is 2.10 bits per heavy atom. The number of halogens is 1. The number of carboxylic acids is 1. The number of benzene rings is 1. The fraction of sp³-hybridized carbons (Fsp3) is 0.588. The molecular weight excluding hydrogens is 269 g/mol. The van der Waals surface area contributed by atoms with E-state index in [1.165, 1.54) is 6.07 Å². The second kappa shape index (κ2) is 8.78. The molecule has 118 valence electrons. The van der Waals surface area contributed by atoms with Crippen molar-refractivity contribution in [2.75, 3.05) is 13.1 Å². The molecule has 0 bridgehead atoms. The minimum atomic E-state index is -0.784. The lowest BCUT2D eigenvalue weighted by molar-refractivity contribution is -0.138. The van der Waals surface area contributed by atoms with Crippen LogP contribution in [0, 0.1) is 12.7 Å². The number of likely N-dealkylation sites (N-methyl/N-ethyl adjacent to an activating group) is 1. The van der Waals surface area contributed by atoms with Crippen LogP contribution in [0.2, 0.25) is 0 Å². The number of rotatable bonds is 9. The van der Waals surface area contributed by atoms with Crippen LogP contribution in [0.3, 0.4) is 0 Å². The Morgan fingerprint density at radius 3 is 2.62 bits per heavy atom. The molecule has 0 spiro atoms. The monoisotopic (exact) mass is 295 g/mol. The highest BCUT2D eigenvalue weighted by molar-refractivity contribution is 5.67. The third-order valence-electron chi connectivity index (χ3n) is 3.83. The number of hydrogen-bond donors (Lipinski definition) is 1. The summed E-state index contributed by atoms with van der Waals surface area (Å²) in [6.07, 6.45) is 2.91. The van der Waals surface area contributed by atoms with E-state index in [4.69, 9.17) is 5.11 Å². The molecule has 0 heterocycles. The van der Waals surface area contributed by atoms with Crippen molar-refractivity contribution < 1.29 is 14.3 Å². The van der Waals surface area contributed by atoms with Gasteiger partial charge in [-0.15, -0.1) is 0 Å². The molecule has 1 atom stereocenters. The van der Waals surface area contributed by atoms with Crippen molar-refractivity contribution in [3.63, 3.8) is 0 Å². The lowest BCUT2D eigenvalue weighted by Crippen LogP contribution is -2.39. The Morgan fingerprint density at radius 1 is 1.38 bits per heavy atom. The van der Waals surface area contributed by atoms with Gasteiger partial charge in [-0.05, 0) is 50.0 Å². The smallest absolute Gasteiger partial charge is 0.304 e. The summed E-state index contributed by atoms with van der Waals surface area (Å²) in [6, 6.07) is 5.00. The van der Waals surface area contributed by atoms with E-state index in [2.05, 4.69) is 18.7 Å². The summed E-state index contributed by atoms with van der Waals surface area (Å²) < 4.78 is 13.3. The topological polar surface area (TPSA) is 40.5 Å². The van der Waals surface area contributed by atoms with E-state index in [1.54, 1.807) is 13.0 Å². The van der Waals surface area contributed by atoms with E-state index < -0.39 is 5.97 Å². The number of unbranched alkanes of at least 4 members (excludes halogenated alkanes) is 1. The number of hydrogen-bond acceptors (Lipinski definition) is 2. The van der Waals surface area contributed by atoms with E-state index in [0.717, 1.165) is 31.5 Å². The fourth-order valence-electron chi connectivity index (χ4n) is 2.60. The average molecular weight is 295 g/mol. The van der Waals surface area contributed by atoms with Crippen molar-refractivity contribution in [2.24, 2.45) is 0 Å². The van der Waals surface area contributed by atoms with Gasteiger partial charge in [0.15, 0.2) is 0 Å². The maximum absolute atomic E-state index is 13.3. The largest absolute Gasteiger partial charge is 0.481 e. The standard InChI is InChI=1S/C17H26FNO2/c1-4-6-9-19(5-2)15(12-17(20)21)11-14-7-8-16(18)13(3)10-14/h7-8,10,15H,4-6,9,11-12H2,1-3H3,(H,20,21). The van der Waals surface area contributed by atoms with Crippen molar-refractivity contribution >= 4 is 5.97 Å². The molecule has 0 aromatic heterocycles. The summed E-state index contributed by atoms with van der Waals surface area (Å²) in [5, 5.41) is 9.14. The molecule has 1 rings (SSSR count). The summed E-state index contributed by atoms with van der Waals surface area (Å²) in [5.41, 5.74) is 1.60. The summed E-state index contributed by atoms with van der Waals surface area (Å²) in [4.78, 5) is 13.3. The number of carbonyl (C=O) groups is 1. The fourth-order valence-corrected chi connectivity index (χ4v) is 2.60. The maximum atomic E-state index is 13.3. The first-order chi connectivity index (χ1) is 9.97. The molecule has 0 radical (unpaired) electrons. The highest BCUT2D eigenvalue weighted by Gasteiger charge is 2.20. The van der Waals surface area contributed by atoms with Gasteiger partial charge in [-0.3, -0.25) is 9.69 Å². The first kappa shape index (κ1) is 17.6. The molecule has 1 aromatic carbocycles. The zero-order valence-electron chi connectivity index (χ0n) is 13.2. The average Bonchev–Trinajstić information content (AvgIpc) is 2.43. The van der Waals surface area contributed by atoms with Gasteiger partial charge in [0.2, 0.25) is 0 Å². The summed E-state index contributed by atoms with van der Waals surface area (Å²) in [5.74, 6) is -0.999. The van der Waals surface area contributed by atoms with Gasteiger partial charge in [0.05, 0.1) is 6.42 Å². The molecule has 4 heteroatoms. The van der Waals surface area contributed by atoms with E-state index >= 15 is 0 Å². The Kier molecular flexibility index (Phi) is 7.37. The highest BCUT2D eigenvalue weighted by Crippen LogP contribution is 2.16. The number of aliphatic carboxylic acids is 1. The lowest BCUT2D eigenvalue weighted by Gasteiger charge is -2.30. The van der Waals surface area contributed by atoms with Crippen molar-refractivity contribution in [3.8, 4) is 0 Å². The van der Waals surface area contributed by atoms with Crippen molar-refractivity contribution in [3.05, 3.63) is 35.1 Å². The second-order valence-corrected chi connectivity index (χ2v) is 5.52. The minimum Gasteiger partial charge on any atom is -0.481 e.